The number of ether oxygens (including phenoxy) is 2. The number of hydrogen-bond donors (Lipinski definition) is 0. The van der Waals surface area contributed by atoms with Crippen molar-refractivity contribution in [1.82, 2.24) is 0 Å². The molecule has 0 saturated carbocycles. The van der Waals surface area contributed by atoms with E-state index in [1.807, 2.05) is 26.0 Å². The van der Waals surface area contributed by atoms with Crippen molar-refractivity contribution in [2.45, 2.75) is 25.2 Å². The van der Waals surface area contributed by atoms with E-state index in [0.717, 1.165) is 14.3 Å². The highest BCUT2D eigenvalue weighted by Gasteiger charge is 2.31. The molecule has 8 heteroatoms. The topological polar surface area (TPSA) is 72.9 Å². The van der Waals surface area contributed by atoms with Crippen LogP contribution in [-0.2, 0) is 21.2 Å². The van der Waals surface area contributed by atoms with Gasteiger partial charge >= 0.3 is 0 Å². The third-order valence-corrected chi connectivity index (χ3v) is 6.90. The molecule has 0 aliphatic rings. The maximum absolute atomic E-state index is 13.4. The lowest BCUT2D eigenvalue weighted by Gasteiger charge is -2.23. The summed E-state index contributed by atoms with van der Waals surface area (Å²) in [7, 11) is -4.15. The average Bonchev–Trinajstić information content (AvgIpc) is 2.80. The van der Waals surface area contributed by atoms with Gasteiger partial charge in [-0.2, -0.15) is 4.31 Å². The molecule has 0 aliphatic carbocycles. The first-order valence-corrected chi connectivity index (χ1v) is 12.4. The Kier molecular flexibility index (Phi) is 7.93. The van der Waals surface area contributed by atoms with Gasteiger partial charge in [-0.25, -0.2) is 8.42 Å². The first-order chi connectivity index (χ1) is 15.4. The molecule has 6 nitrogen and oxygen atoms in total. The van der Waals surface area contributed by atoms with Crippen LogP contribution in [0.2, 0.25) is 0 Å². The zero-order valence-electron chi connectivity index (χ0n) is 17.8. The van der Waals surface area contributed by atoms with Crippen LogP contribution in [0.1, 0.15) is 19.4 Å². The molecule has 0 aromatic heterocycles. The second-order valence-electron chi connectivity index (χ2n) is 6.80. The van der Waals surface area contributed by atoms with Gasteiger partial charge in [0.25, 0.3) is 15.9 Å². The fourth-order valence-electron chi connectivity index (χ4n) is 3.12. The number of anilines is 1. The summed E-state index contributed by atoms with van der Waals surface area (Å²) >= 11 is 3.42. The maximum atomic E-state index is 13.4. The molecule has 32 heavy (non-hydrogen) atoms. The van der Waals surface area contributed by atoms with E-state index in [0.29, 0.717) is 24.5 Å². The smallest absolute Gasteiger partial charge is 0.278 e. The van der Waals surface area contributed by atoms with Crippen molar-refractivity contribution in [2.75, 3.05) is 17.5 Å². The summed E-state index contributed by atoms with van der Waals surface area (Å²) in [5.74, 6) is 0.412. The zero-order chi connectivity index (χ0) is 23.1. The zero-order valence-corrected chi connectivity index (χ0v) is 20.2. The lowest BCUT2D eigenvalue weighted by molar-refractivity contribution is -0.119. The van der Waals surface area contributed by atoms with Gasteiger partial charge in [-0.1, -0.05) is 41.1 Å². The van der Waals surface area contributed by atoms with E-state index in [1.54, 1.807) is 48.5 Å². The Labute approximate surface area is 197 Å². The van der Waals surface area contributed by atoms with Crippen LogP contribution >= 0.6 is 15.9 Å². The number of carbonyl (C=O) groups excluding carboxylic acids is 1. The number of rotatable bonds is 9. The first-order valence-electron chi connectivity index (χ1n) is 10.1. The monoisotopic (exact) mass is 517 g/mol. The Morgan fingerprint density at radius 3 is 2.25 bits per heavy atom. The van der Waals surface area contributed by atoms with Gasteiger partial charge in [-0.05, 0) is 73.5 Å². The van der Waals surface area contributed by atoms with E-state index in [4.69, 9.17) is 9.47 Å². The SMILES string of the molecule is CCOc1ccc(N(C(=O)COc2ccc(Br)cc2CC)S(=O)(=O)c2ccccc2)cc1. The number of amides is 1. The Balaban J connectivity index is 1.94. The number of nitrogens with zero attached hydrogens (tertiary/aromatic N) is 1. The minimum Gasteiger partial charge on any atom is -0.494 e. The maximum Gasteiger partial charge on any atom is 0.278 e. The number of aryl methyl sites for hydroxylation is 1. The van der Waals surface area contributed by atoms with E-state index >= 15 is 0 Å². The second kappa shape index (κ2) is 10.7. The van der Waals surface area contributed by atoms with Crippen molar-refractivity contribution in [3.63, 3.8) is 0 Å². The van der Waals surface area contributed by atoms with Crippen LogP contribution in [0.25, 0.3) is 0 Å². The summed E-state index contributed by atoms with van der Waals surface area (Å²) in [5, 5.41) is 0. The molecule has 168 valence electrons. The van der Waals surface area contributed by atoms with Gasteiger partial charge in [0.2, 0.25) is 0 Å². The van der Waals surface area contributed by atoms with E-state index in [9.17, 15) is 13.2 Å². The third-order valence-electron chi connectivity index (χ3n) is 4.64. The predicted octanol–water partition coefficient (Wildman–Crippen LogP) is 5.21. The fraction of sp³-hybridized carbons (Fsp3) is 0.208. The van der Waals surface area contributed by atoms with E-state index < -0.39 is 22.5 Å². The molecule has 0 N–H and O–H groups in total. The molecule has 0 spiro atoms. The minimum atomic E-state index is -4.15. The molecule has 0 radical (unpaired) electrons. The van der Waals surface area contributed by atoms with Crippen molar-refractivity contribution in [3.05, 3.63) is 82.8 Å². The standard InChI is InChI=1S/C24H24BrNO5S/c1-3-18-16-19(25)10-15-23(18)31-17-24(27)26(20-11-13-21(14-12-20)30-4-2)32(28,29)22-8-6-5-7-9-22/h5-16H,3-4,17H2,1-2H3. The normalized spacial score (nSPS) is 11.1. The lowest BCUT2D eigenvalue weighted by Crippen LogP contribution is -2.40. The highest BCUT2D eigenvalue weighted by atomic mass is 79.9. The Hall–Kier alpha value is -2.84. The molecule has 0 unspecified atom stereocenters. The summed E-state index contributed by atoms with van der Waals surface area (Å²) < 4.78 is 39.6. The van der Waals surface area contributed by atoms with Crippen LogP contribution < -0.4 is 13.8 Å². The van der Waals surface area contributed by atoms with Crippen molar-refractivity contribution >= 4 is 37.5 Å². The molecule has 0 saturated heterocycles. The molecular weight excluding hydrogens is 494 g/mol. The third kappa shape index (κ3) is 5.49. The summed E-state index contributed by atoms with van der Waals surface area (Å²) in [6.07, 6.45) is 0.702. The van der Waals surface area contributed by atoms with Gasteiger partial charge in [0, 0.05) is 4.47 Å². The van der Waals surface area contributed by atoms with Gasteiger partial charge in [-0.15, -0.1) is 0 Å². The number of halogens is 1. The number of carbonyl (C=O) groups is 1. The van der Waals surface area contributed by atoms with Crippen LogP contribution in [0.3, 0.4) is 0 Å². The number of hydrogen-bond acceptors (Lipinski definition) is 5. The molecule has 1 amide bonds. The molecule has 0 fully saturated rings. The van der Waals surface area contributed by atoms with Crippen molar-refractivity contribution < 1.29 is 22.7 Å². The molecule has 0 aliphatic heterocycles. The summed E-state index contributed by atoms with van der Waals surface area (Å²) in [5.41, 5.74) is 1.11. The highest BCUT2D eigenvalue weighted by molar-refractivity contribution is 9.10. The molecule has 0 atom stereocenters. The average molecular weight is 518 g/mol. The Morgan fingerprint density at radius 2 is 1.62 bits per heavy atom. The van der Waals surface area contributed by atoms with Crippen molar-refractivity contribution in [1.29, 1.82) is 0 Å². The van der Waals surface area contributed by atoms with E-state index in [1.165, 1.54) is 12.1 Å². The minimum absolute atomic E-state index is 0.0140. The van der Waals surface area contributed by atoms with Crippen LogP contribution in [-0.4, -0.2) is 27.5 Å². The predicted molar refractivity (Wildman–Crippen MR) is 128 cm³/mol. The van der Waals surface area contributed by atoms with E-state index in [2.05, 4.69) is 15.9 Å². The molecular formula is C24H24BrNO5S. The molecule has 0 heterocycles. The quantitative estimate of drug-likeness (QED) is 0.389. The van der Waals surface area contributed by atoms with Crippen LogP contribution in [0.15, 0.2) is 82.2 Å². The summed E-state index contributed by atoms with van der Waals surface area (Å²) in [6, 6.07) is 19.7. The summed E-state index contributed by atoms with van der Waals surface area (Å²) in [6.45, 7) is 3.87. The molecule has 3 aromatic carbocycles. The van der Waals surface area contributed by atoms with Gasteiger partial charge in [-0.3, -0.25) is 4.79 Å². The van der Waals surface area contributed by atoms with Gasteiger partial charge in [0.05, 0.1) is 17.2 Å². The van der Waals surface area contributed by atoms with E-state index in [-0.39, 0.29) is 10.6 Å². The lowest BCUT2D eigenvalue weighted by atomic mass is 10.1. The molecule has 3 aromatic rings. The van der Waals surface area contributed by atoms with Crippen LogP contribution in [0.5, 0.6) is 11.5 Å². The fourth-order valence-corrected chi connectivity index (χ4v) is 4.96. The van der Waals surface area contributed by atoms with Gasteiger partial charge in [0.1, 0.15) is 11.5 Å². The number of sulfonamides is 1. The summed E-state index contributed by atoms with van der Waals surface area (Å²) in [4.78, 5) is 13.2. The van der Waals surface area contributed by atoms with Crippen molar-refractivity contribution in [2.24, 2.45) is 0 Å². The van der Waals surface area contributed by atoms with Gasteiger partial charge < -0.3 is 9.47 Å². The van der Waals surface area contributed by atoms with Crippen LogP contribution in [0.4, 0.5) is 5.69 Å². The molecule has 0 bridgehead atoms. The number of benzene rings is 3. The Morgan fingerprint density at radius 1 is 0.938 bits per heavy atom. The van der Waals surface area contributed by atoms with Crippen molar-refractivity contribution in [3.8, 4) is 11.5 Å². The molecule has 3 rings (SSSR count). The Bertz CT molecular complexity index is 1160. The largest absolute Gasteiger partial charge is 0.494 e. The van der Waals surface area contributed by atoms with Gasteiger partial charge in [0.15, 0.2) is 6.61 Å². The second-order valence-corrected chi connectivity index (χ2v) is 9.50. The highest BCUT2D eigenvalue weighted by Crippen LogP contribution is 2.28. The van der Waals surface area contributed by atoms with Crippen LogP contribution in [0, 0.1) is 0 Å². The first kappa shape index (κ1) is 23.8.